The molecule has 2 rings (SSSR count). The fourth-order valence-corrected chi connectivity index (χ4v) is 3.27. The second-order valence-corrected chi connectivity index (χ2v) is 6.06. The molecule has 0 unspecified atom stereocenters. The molecule has 0 aromatic heterocycles. The van der Waals surface area contributed by atoms with Crippen LogP contribution in [0.5, 0.6) is 0 Å². The van der Waals surface area contributed by atoms with Gasteiger partial charge in [0, 0.05) is 4.47 Å². The van der Waals surface area contributed by atoms with Crippen molar-refractivity contribution >= 4 is 15.9 Å². The van der Waals surface area contributed by atoms with E-state index in [1.807, 2.05) is 0 Å². The predicted molar refractivity (Wildman–Crippen MR) is 67.9 cm³/mol. The maximum atomic E-state index is 5.81. The number of nitrogens with two attached hydrogens (primary N) is 1. The zero-order valence-corrected chi connectivity index (χ0v) is 11.1. The van der Waals surface area contributed by atoms with E-state index in [2.05, 4.69) is 54.9 Å². The highest BCUT2D eigenvalue weighted by atomic mass is 79.9. The summed E-state index contributed by atoms with van der Waals surface area (Å²) >= 11 is 3.50. The number of halogens is 1. The molecule has 0 amide bonds. The van der Waals surface area contributed by atoms with Crippen LogP contribution < -0.4 is 5.73 Å². The minimum absolute atomic E-state index is 0.382. The number of hydrogen-bond acceptors (Lipinski definition) is 1. The van der Waals surface area contributed by atoms with Gasteiger partial charge in [0.1, 0.15) is 0 Å². The Morgan fingerprint density at radius 3 is 2.53 bits per heavy atom. The smallest absolute Gasteiger partial charge is 0.0178 e. The quantitative estimate of drug-likeness (QED) is 0.873. The van der Waals surface area contributed by atoms with Gasteiger partial charge in [0.15, 0.2) is 0 Å². The van der Waals surface area contributed by atoms with Gasteiger partial charge in [0.05, 0.1) is 0 Å². The lowest BCUT2D eigenvalue weighted by molar-refractivity contribution is 0.558. The third-order valence-corrected chi connectivity index (χ3v) is 4.36. The van der Waals surface area contributed by atoms with Crippen molar-refractivity contribution in [2.45, 2.75) is 26.7 Å². The molecule has 0 saturated heterocycles. The molecule has 1 nitrogen and oxygen atoms in total. The van der Waals surface area contributed by atoms with Gasteiger partial charge in [-0.3, -0.25) is 0 Å². The van der Waals surface area contributed by atoms with Gasteiger partial charge in [-0.1, -0.05) is 35.8 Å². The summed E-state index contributed by atoms with van der Waals surface area (Å²) in [5.41, 5.74) is 9.03. The zero-order valence-electron chi connectivity index (χ0n) is 9.55. The fourth-order valence-electron chi connectivity index (χ4n) is 2.79. The van der Waals surface area contributed by atoms with Crippen LogP contribution in [0.15, 0.2) is 22.7 Å². The minimum Gasteiger partial charge on any atom is -0.330 e. The molecule has 0 heterocycles. The molecule has 1 aromatic carbocycles. The molecule has 2 heteroatoms. The van der Waals surface area contributed by atoms with E-state index < -0.39 is 0 Å². The molecular weight excluding hydrogens is 250 g/mol. The van der Waals surface area contributed by atoms with Crippen molar-refractivity contribution in [1.82, 2.24) is 0 Å². The maximum Gasteiger partial charge on any atom is 0.0178 e. The highest BCUT2D eigenvalue weighted by Gasteiger charge is 2.57. The summed E-state index contributed by atoms with van der Waals surface area (Å²) in [6.07, 6.45) is 0. The Labute approximate surface area is 100 Å². The third kappa shape index (κ3) is 1.74. The fraction of sp³-hybridized carbons (Fsp3) is 0.538. The average Bonchev–Trinajstić information content (AvgIpc) is 2.68. The van der Waals surface area contributed by atoms with Crippen LogP contribution in [0.3, 0.4) is 0 Å². The van der Waals surface area contributed by atoms with Crippen LogP contribution in [0.25, 0.3) is 0 Å². The van der Waals surface area contributed by atoms with E-state index in [1.54, 1.807) is 0 Å². The van der Waals surface area contributed by atoms with E-state index in [4.69, 9.17) is 5.73 Å². The summed E-state index contributed by atoms with van der Waals surface area (Å²) in [5.74, 6) is 1.30. The second-order valence-electron chi connectivity index (χ2n) is 5.14. The highest BCUT2D eigenvalue weighted by molar-refractivity contribution is 9.10. The van der Waals surface area contributed by atoms with Crippen LogP contribution in [0.1, 0.15) is 30.9 Å². The Morgan fingerprint density at radius 1 is 1.40 bits per heavy atom. The normalized spacial score (nSPS) is 27.8. The molecular formula is C13H18BrN. The summed E-state index contributed by atoms with van der Waals surface area (Å²) in [7, 11) is 0. The SMILES string of the molecule is Cc1cc(Br)ccc1[C@@H]1[C@@H](CN)C1(C)C. The van der Waals surface area contributed by atoms with Crippen LogP contribution in [0.4, 0.5) is 0 Å². The summed E-state index contributed by atoms with van der Waals surface area (Å²) in [6.45, 7) is 7.61. The molecule has 2 atom stereocenters. The molecule has 0 spiro atoms. The number of aryl methyl sites for hydroxylation is 1. The van der Waals surface area contributed by atoms with Crippen LogP contribution in [-0.4, -0.2) is 6.54 Å². The van der Waals surface area contributed by atoms with Crippen molar-refractivity contribution in [2.24, 2.45) is 17.1 Å². The Hall–Kier alpha value is -0.340. The molecule has 1 aliphatic rings. The lowest BCUT2D eigenvalue weighted by Crippen LogP contribution is -2.05. The monoisotopic (exact) mass is 267 g/mol. The Balaban J connectivity index is 2.33. The molecule has 15 heavy (non-hydrogen) atoms. The van der Waals surface area contributed by atoms with Gasteiger partial charge in [0.2, 0.25) is 0 Å². The van der Waals surface area contributed by atoms with Crippen LogP contribution in [0.2, 0.25) is 0 Å². The van der Waals surface area contributed by atoms with Gasteiger partial charge in [-0.05, 0) is 54.0 Å². The molecule has 0 radical (unpaired) electrons. The van der Waals surface area contributed by atoms with Gasteiger partial charge >= 0.3 is 0 Å². The van der Waals surface area contributed by atoms with Crippen molar-refractivity contribution in [3.05, 3.63) is 33.8 Å². The standard InChI is InChI=1S/C13H18BrN/c1-8-6-9(14)4-5-10(8)12-11(7-15)13(12,2)3/h4-6,11-12H,7,15H2,1-3H3/t11-,12-/m1/s1. The van der Waals surface area contributed by atoms with Gasteiger partial charge in [0.25, 0.3) is 0 Å². The maximum absolute atomic E-state index is 5.81. The minimum atomic E-state index is 0.382. The van der Waals surface area contributed by atoms with E-state index in [-0.39, 0.29) is 0 Å². The molecule has 1 fully saturated rings. The van der Waals surface area contributed by atoms with Gasteiger partial charge in [-0.2, -0.15) is 0 Å². The van der Waals surface area contributed by atoms with Gasteiger partial charge < -0.3 is 5.73 Å². The predicted octanol–water partition coefficient (Wildman–Crippen LogP) is 3.46. The van der Waals surface area contributed by atoms with Crippen molar-refractivity contribution in [1.29, 1.82) is 0 Å². The molecule has 1 aromatic rings. The van der Waals surface area contributed by atoms with E-state index in [0.717, 1.165) is 11.0 Å². The van der Waals surface area contributed by atoms with E-state index >= 15 is 0 Å². The Kier molecular flexibility index (Phi) is 2.68. The largest absolute Gasteiger partial charge is 0.330 e. The van der Waals surface area contributed by atoms with Crippen molar-refractivity contribution in [3.63, 3.8) is 0 Å². The summed E-state index contributed by atoms with van der Waals surface area (Å²) < 4.78 is 1.16. The van der Waals surface area contributed by atoms with E-state index in [1.165, 1.54) is 11.1 Å². The van der Waals surface area contributed by atoms with E-state index in [9.17, 15) is 0 Å². The summed E-state index contributed by atoms with van der Waals surface area (Å²) in [4.78, 5) is 0. The first-order chi connectivity index (χ1) is 6.98. The first-order valence-electron chi connectivity index (χ1n) is 5.44. The van der Waals surface area contributed by atoms with Gasteiger partial charge in [-0.25, -0.2) is 0 Å². The zero-order chi connectivity index (χ0) is 11.2. The van der Waals surface area contributed by atoms with Crippen LogP contribution in [-0.2, 0) is 0 Å². The Bertz CT molecular complexity index is 384. The molecule has 82 valence electrons. The molecule has 1 aliphatic carbocycles. The summed E-state index contributed by atoms with van der Waals surface area (Å²) in [6, 6.07) is 6.56. The lowest BCUT2D eigenvalue weighted by Gasteiger charge is -2.07. The first-order valence-corrected chi connectivity index (χ1v) is 6.24. The van der Waals surface area contributed by atoms with Crippen molar-refractivity contribution < 1.29 is 0 Å². The molecule has 0 aliphatic heterocycles. The highest BCUT2D eigenvalue weighted by Crippen LogP contribution is 2.64. The number of rotatable bonds is 2. The van der Waals surface area contributed by atoms with Crippen molar-refractivity contribution in [3.8, 4) is 0 Å². The Morgan fingerprint density at radius 2 is 2.07 bits per heavy atom. The third-order valence-electron chi connectivity index (χ3n) is 3.87. The molecule has 0 bridgehead atoms. The topological polar surface area (TPSA) is 26.0 Å². The van der Waals surface area contributed by atoms with Crippen LogP contribution >= 0.6 is 15.9 Å². The average molecular weight is 268 g/mol. The number of benzene rings is 1. The number of hydrogen-bond donors (Lipinski definition) is 1. The summed E-state index contributed by atoms with van der Waals surface area (Å²) in [5, 5.41) is 0. The van der Waals surface area contributed by atoms with E-state index in [0.29, 0.717) is 17.3 Å². The second kappa shape index (κ2) is 3.60. The molecule has 1 saturated carbocycles. The lowest BCUT2D eigenvalue weighted by atomic mass is 9.99. The van der Waals surface area contributed by atoms with Crippen LogP contribution in [0, 0.1) is 18.3 Å². The van der Waals surface area contributed by atoms with Gasteiger partial charge in [-0.15, -0.1) is 0 Å². The van der Waals surface area contributed by atoms with Crippen molar-refractivity contribution in [2.75, 3.05) is 6.54 Å². The first kappa shape index (κ1) is 11.2. The molecule has 2 N–H and O–H groups in total.